The van der Waals surface area contributed by atoms with Gasteiger partial charge >= 0.3 is 0 Å². The maximum atomic E-state index is 7.02. The van der Waals surface area contributed by atoms with Crippen LogP contribution in [0, 0.1) is 0 Å². The van der Waals surface area contributed by atoms with Crippen LogP contribution < -0.4 is 11.1 Å². The zero-order chi connectivity index (χ0) is 9.12. The van der Waals surface area contributed by atoms with Crippen LogP contribution in [0.2, 0.25) is 0 Å². The van der Waals surface area contributed by atoms with Crippen molar-refractivity contribution in [2.75, 3.05) is 19.6 Å². The zero-order valence-electron chi connectivity index (χ0n) is 8.49. The van der Waals surface area contributed by atoms with Crippen molar-refractivity contribution in [3.05, 3.63) is 0 Å². The highest BCUT2D eigenvalue weighted by molar-refractivity contribution is 4.39. The highest BCUT2D eigenvalue weighted by atomic mass is 14.9. The van der Waals surface area contributed by atoms with E-state index in [0.29, 0.717) is 0 Å². The van der Waals surface area contributed by atoms with Gasteiger partial charge in [-0.2, -0.15) is 0 Å². The van der Waals surface area contributed by atoms with Crippen LogP contribution in [0.15, 0.2) is 0 Å². The van der Waals surface area contributed by atoms with Gasteiger partial charge in [-0.1, -0.05) is 6.85 Å². The van der Waals surface area contributed by atoms with E-state index in [9.17, 15) is 0 Å². The Hall–Kier alpha value is -0.0800. The molecule has 38 valence electrons. The van der Waals surface area contributed by atoms with Crippen molar-refractivity contribution >= 4 is 0 Å². The van der Waals surface area contributed by atoms with E-state index in [-0.39, 0.29) is 13.1 Å². The van der Waals surface area contributed by atoms with Gasteiger partial charge in [-0.15, -0.1) is 0 Å². The first-order valence-electron chi connectivity index (χ1n) is 4.26. The summed E-state index contributed by atoms with van der Waals surface area (Å²) in [6.45, 7) is -4.60. The molecule has 0 heterocycles. The minimum Gasteiger partial charge on any atom is -0.329 e. The molecule has 0 spiro atoms. The van der Waals surface area contributed by atoms with Gasteiger partial charge in [0.25, 0.3) is 0 Å². The molecule has 0 aliphatic rings. The molecule has 2 heteroatoms. The second kappa shape index (κ2) is 4.92. The van der Waals surface area contributed by atoms with E-state index in [1.807, 2.05) is 0 Å². The lowest BCUT2D eigenvalue weighted by Gasteiger charge is -1.92. The predicted octanol–water partition coefficient (Wildman–Crippen LogP) is -0.445. The van der Waals surface area contributed by atoms with Crippen molar-refractivity contribution in [3.63, 3.8) is 0 Å². The lowest BCUT2D eigenvalue weighted by atomic mass is 10.6. The minimum atomic E-state index is -2.64. The van der Waals surface area contributed by atoms with Crippen LogP contribution in [0.4, 0.5) is 0 Å². The van der Waals surface area contributed by atoms with Crippen LogP contribution in [0.5, 0.6) is 0 Å². The molecule has 0 amide bonds. The summed E-state index contributed by atoms with van der Waals surface area (Å²) in [5.74, 6) is 0. The number of hydrogen-bond donors (Lipinski definition) is 2. The number of likely N-dealkylation sites (N-methyl/N-ethyl adjacent to an activating group) is 1. The molecule has 0 aromatic carbocycles. The first kappa shape index (κ1) is 1.46. The maximum Gasteiger partial charge on any atom is 0.0425 e. The molecule has 2 nitrogen and oxygen atoms in total. The fourth-order valence-electron chi connectivity index (χ4n) is 0.135. The molecule has 0 saturated carbocycles. The highest BCUT2D eigenvalue weighted by Crippen LogP contribution is 1.48. The molecule has 0 bridgehead atoms. The van der Waals surface area contributed by atoms with E-state index < -0.39 is 13.3 Å². The third kappa shape index (κ3) is 3.92. The summed E-state index contributed by atoms with van der Waals surface area (Å²) < 4.78 is 34.3. The molecule has 0 aromatic heterocycles. The van der Waals surface area contributed by atoms with Crippen LogP contribution >= 0.6 is 0 Å². The predicted molar refractivity (Wildman–Crippen MR) is 27.6 cm³/mol. The summed E-state index contributed by atoms with van der Waals surface area (Å²) in [4.78, 5) is 0. The van der Waals surface area contributed by atoms with Crippen molar-refractivity contribution in [2.24, 2.45) is 5.73 Å². The quantitative estimate of drug-likeness (QED) is 0.496. The van der Waals surface area contributed by atoms with Gasteiger partial charge in [-0.05, 0) is 6.50 Å². The molecular weight excluding hydrogens is 76.1 g/mol. The largest absolute Gasteiger partial charge is 0.329 e. The van der Waals surface area contributed by atoms with Crippen molar-refractivity contribution in [2.45, 2.75) is 6.85 Å². The first-order chi connectivity index (χ1) is 4.81. The van der Waals surface area contributed by atoms with Gasteiger partial charge in [-0.25, -0.2) is 0 Å². The Morgan fingerprint density at radius 3 is 3.50 bits per heavy atom. The third-order valence-corrected chi connectivity index (χ3v) is 0.358. The Balaban J connectivity index is 4.00. The van der Waals surface area contributed by atoms with Gasteiger partial charge in [0.1, 0.15) is 0 Å². The summed E-state index contributed by atoms with van der Waals surface area (Å²) in [5, 5.41) is 2.19. The number of nitrogens with one attached hydrogen (secondary N) is 1. The van der Waals surface area contributed by atoms with E-state index in [0.717, 1.165) is 0 Å². The Labute approximate surface area is 45.7 Å². The fraction of sp³-hybridized carbons (Fsp3) is 1.00. The van der Waals surface area contributed by atoms with Crippen LogP contribution in [-0.2, 0) is 0 Å². The highest BCUT2D eigenvalue weighted by Gasteiger charge is 1.71. The van der Waals surface area contributed by atoms with Crippen molar-refractivity contribution in [3.8, 4) is 0 Å². The Morgan fingerprint density at radius 1 is 2.17 bits per heavy atom. The minimum absolute atomic E-state index is 0.158. The maximum absolute atomic E-state index is 7.02. The Bertz CT molecular complexity index is 120. The Kier molecular flexibility index (Phi) is 1.19. The molecule has 0 unspecified atom stereocenters. The Morgan fingerprint density at radius 2 is 3.00 bits per heavy atom. The van der Waals surface area contributed by atoms with E-state index >= 15 is 0 Å². The van der Waals surface area contributed by atoms with Gasteiger partial charge < -0.3 is 11.1 Å². The fourth-order valence-corrected chi connectivity index (χ4v) is 0.135. The summed E-state index contributed by atoms with van der Waals surface area (Å²) in [6, 6.07) is 0. The zero-order valence-corrected chi connectivity index (χ0v) is 3.49. The number of hydrogen-bond acceptors (Lipinski definition) is 2. The van der Waals surface area contributed by atoms with Crippen molar-refractivity contribution in [1.82, 2.24) is 5.32 Å². The van der Waals surface area contributed by atoms with Crippen molar-refractivity contribution < 1.29 is 6.85 Å². The molecule has 0 fully saturated rings. The topological polar surface area (TPSA) is 38.0 Å². The standard InChI is InChI=1S/C4H12N2/c1-2-6-4-3-5/h6H,2-5H2,1H3/i1D3,2D2. The van der Waals surface area contributed by atoms with E-state index in [1.54, 1.807) is 0 Å². The third-order valence-electron chi connectivity index (χ3n) is 0.358. The van der Waals surface area contributed by atoms with E-state index in [1.165, 1.54) is 0 Å². The second-order valence-electron chi connectivity index (χ2n) is 0.840. The molecule has 0 atom stereocenters. The van der Waals surface area contributed by atoms with E-state index in [2.05, 4.69) is 5.32 Å². The summed E-state index contributed by atoms with van der Waals surface area (Å²) in [6.07, 6.45) is 0. The second-order valence-corrected chi connectivity index (χ2v) is 0.840. The van der Waals surface area contributed by atoms with Crippen LogP contribution in [-0.4, -0.2) is 19.6 Å². The van der Waals surface area contributed by atoms with Gasteiger partial charge in [0.05, 0.1) is 0 Å². The van der Waals surface area contributed by atoms with Crippen LogP contribution in [0.3, 0.4) is 0 Å². The summed E-state index contributed by atoms with van der Waals surface area (Å²) >= 11 is 0. The van der Waals surface area contributed by atoms with Crippen LogP contribution in [0.25, 0.3) is 0 Å². The molecule has 0 saturated heterocycles. The molecule has 0 radical (unpaired) electrons. The molecule has 0 aliphatic heterocycles. The normalized spacial score (nSPS) is 25.8. The monoisotopic (exact) mass is 93.1 g/mol. The molecule has 0 aromatic rings. The van der Waals surface area contributed by atoms with Crippen LogP contribution in [0.1, 0.15) is 13.7 Å². The molecule has 6 heavy (non-hydrogen) atoms. The van der Waals surface area contributed by atoms with E-state index in [4.69, 9.17) is 12.6 Å². The average Bonchev–Trinajstić information content (AvgIpc) is 1.81. The first-order valence-corrected chi connectivity index (χ1v) is 1.76. The molecular formula is C4H12N2. The lowest BCUT2D eigenvalue weighted by molar-refractivity contribution is 0.725. The number of rotatable bonds is 3. The van der Waals surface area contributed by atoms with Gasteiger partial charge in [0.2, 0.25) is 0 Å². The average molecular weight is 93.2 g/mol. The van der Waals surface area contributed by atoms with Crippen molar-refractivity contribution in [1.29, 1.82) is 0 Å². The molecule has 0 aliphatic carbocycles. The smallest absolute Gasteiger partial charge is 0.0425 e. The van der Waals surface area contributed by atoms with Gasteiger partial charge in [-0.3, -0.25) is 0 Å². The summed E-state index contributed by atoms with van der Waals surface area (Å²) in [7, 11) is 0. The molecule has 3 N–H and O–H groups in total. The molecule has 0 rings (SSSR count). The lowest BCUT2D eigenvalue weighted by Crippen LogP contribution is -2.21. The van der Waals surface area contributed by atoms with Gasteiger partial charge in [0.15, 0.2) is 0 Å². The van der Waals surface area contributed by atoms with Gasteiger partial charge in [0, 0.05) is 19.9 Å². The summed E-state index contributed by atoms with van der Waals surface area (Å²) in [5.41, 5.74) is 5.07. The number of nitrogens with two attached hydrogens (primary N) is 1. The SMILES string of the molecule is [2H]C([2H])([2H])C([2H])([2H])NCCN.